The number of sulfonamides is 1. The molecule has 0 saturated heterocycles. The number of carbonyl (C=O) groups excluding carboxylic acids is 2. The summed E-state index contributed by atoms with van der Waals surface area (Å²) < 4.78 is 31.1. The number of rotatable bonds is 9. The van der Waals surface area contributed by atoms with Crippen LogP contribution in [0.25, 0.3) is 0 Å². The minimum absolute atomic E-state index is 0.0871. The summed E-state index contributed by atoms with van der Waals surface area (Å²) in [5.74, 6) is 0.371. The van der Waals surface area contributed by atoms with Crippen LogP contribution in [0.3, 0.4) is 0 Å². The van der Waals surface area contributed by atoms with Gasteiger partial charge in [-0.3, -0.25) is 14.3 Å². The fourth-order valence-electron chi connectivity index (χ4n) is 2.67. The van der Waals surface area contributed by atoms with Crippen molar-refractivity contribution in [3.05, 3.63) is 47.7 Å². The van der Waals surface area contributed by atoms with Crippen molar-refractivity contribution in [1.82, 2.24) is 10.3 Å². The van der Waals surface area contributed by atoms with Crippen LogP contribution in [0.5, 0.6) is 5.88 Å². The van der Waals surface area contributed by atoms with E-state index in [9.17, 15) is 18.0 Å². The first kappa shape index (κ1) is 21.6. The minimum Gasteiger partial charge on any atom is -0.477 e. The standard InChI is InChI=1S/C20H24N4O5S/c1-13(25)23-16-6-7-18(24-30(2,27)28)17(9-16)20(26)22-11-15-5-8-19(21-10-15)29-12-14-3-4-14/h5-10,14,24H,3-4,11-12H2,1-2H3,(H,22,26)(H,23,25). The Balaban J connectivity index is 1.68. The van der Waals surface area contributed by atoms with E-state index >= 15 is 0 Å². The van der Waals surface area contributed by atoms with Gasteiger partial charge >= 0.3 is 0 Å². The highest BCUT2D eigenvalue weighted by atomic mass is 32.2. The molecule has 1 saturated carbocycles. The summed E-state index contributed by atoms with van der Waals surface area (Å²) in [5.41, 5.74) is 1.35. The molecule has 1 aromatic heterocycles. The Labute approximate surface area is 175 Å². The van der Waals surface area contributed by atoms with Crippen molar-refractivity contribution in [3.63, 3.8) is 0 Å². The molecule has 0 bridgehead atoms. The highest BCUT2D eigenvalue weighted by Gasteiger charge is 2.22. The van der Waals surface area contributed by atoms with Crippen molar-refractivity contribution in [2.24, 2.45) is 5.92 Å². The van der Waals surface area contributed by atoms with Gasteiger partial charge in [0, 0.05) is 31.4 Å². The Morgan fingerprint density at radius 1 is 1.20 bits per heavy atom. The molecule has 0 spiro atoms. The van der Waals surface area contributed by atoms with Crippen LogP contribution >= 0.6 is 0 Å². The second kappa shape index (κ2) is 9.12. The van der Waals surface area contributed by atoms with Crippen molar-refractivity contribution in [3.8, 4) is 5.88 Å². The lowest BCUT2D eigenvalue weighted by Crippen LogP contribution is -2.25. The van der Waals surface area contributed by atoms with Crippen LogP contribution in [0, 0.1) is 5.92 Å². The lowest BCUT2D eigenvalue weighted by atomic mass is 10.1. The molecule has 1 fully saturated rings. The maximum atomic E-state index is 12.7. The van der Waals surface area contributed by atoms with Crippen LogP contribution in [0.4, 0.5) is 11.4 Å². The summed E-state index contributed by atoms with van der Waals surface area (Å²) in [6.07, 6.45) is 5.01. The fraction of sp³-hybridized carbons (Fsp3) is 0.350. The van der Waals surface area contributed by atoms with Crippen molar-refractivity contribution in [2.45, 2.75) is 26.3 Å². The number of amides is 2. The van der Waals surface area contributed by atoms with Crippen molar-refractivity contribution >= 4 is 33.2 Å². The summed E-state index contributed by atoms with van der Waals surface area (Å²) in [4.78, 5) is 28.2. The number of carbonyl (C=O) groups is 2. The van der Waals surface area contributed by atoms with Gasteiger partial charge in [-0.25, -0.2) is 13.4 Å². The minimum atomic E-state index is -3.59. The topological polar surface area (TPSA) is 126 Å². The zero-order valence-corrected chi connectivity index (χ0v) is 17.6. The molecular weight excluding hydrogens is 408 g/mol. The lowest BCUT2D eigenvalue weighted by molar-refractivity contribution is -0.114. The smallest absolute Gasteiger partial charge is 0.253 e. The number of pyridine rings is 1. The van der Waals surface area contributed by atoms with E-state index < -0.39 is 15.9 Å². The molecule has 30 heavy (non-hydrogen) atoms. The maximum Gasteiger partial charge on any atom is 0.253 e. The third kappa shape index (κ3) is 6.73. The first-order valence-corrected chi connectivity index (χ1v) is 11.3. The number of nitrogens with zero attached hydrogens (tertiary/aromatic N) is 1. The normalized spacial score (nSPS) is 13.4. The third-order valence-corrected chi connectivity index (χ3v) is 4.89. The van der Waals surface area contributed by atoms with Gasteiger partial charge in [0.05, 0.1) is 24.1 Å². The molecule has 1 aliphatic carbocycles. The van der Waals surface area contributed by atoms with Gasteiger partial charge in [-0.1, -0.05) is 6.07 Å². The zero-order valence-electron chi connectivity index (χ0n) is 16.8. The van der Waals surface area contributed by atoms with Gasteiger partial charge in [-0.05, 0) is 42.5 Å². The second-order valence-electron chi connectivity index (χ2n) is 7.26. The molecule has 1 aromatic carbocycles. The Kier molecular flexibility index (Phi) is 6.56. The Bertz CT molecular complexity index is 1030. The first-order chi connectivity index (χ1) is 14.2. The Hall–Kier alpha value is -3.14. The van der Waals surface area contributed by atoms with Gasteiger partial charge in [-0.15, -0.1) is 0 Å². The van der Waals surface area contributed by atoms with Gasteiger partial charge in [-0.2, -0.15) is 0 Å². The molecule has 2 amide bonds. The number of aromatic nitrogens is 1. The van der Waals surface area contributed by atoms with E-state index in [2.05, 4.69) is 20.3 Å². The van der Waals surface area contributed by atoms with Crippen LogP contribution in [0.2, 0.25) is 0 Å². The van der Waals surface area contributed by atoms with E-state index in [1.165, 1.54) is 38.0 Å². The SMILES string of the molecule is CC(=O)Nc1ccc(NS(C)(=O)=O)c(C(=O)NCc2ccc(OCC3CC3)nc2)c1. The summed E-state index contributed by atoms with van der Waals surface area (Å²) >= 11 is 0. The quantitative estimate of drug-likeness (QED) is 0.557. The van der Waals surface area contributed by atoms with Crippen molar-refractivity contribution < 1.29 is 22.7 Å². The molecule has 1 aliphatic rings. The molecule has 3 rings (SSSR count). The molecule has 0 aliphatic heterocycles. The van der Waals surface area contributed by atoms with Gasteiger partial charge in [0.15, 0.2) is 0 Å². The van der Waals surface area contributed by atoms with Crippen LogP contribution in [-0.4, -0.2) is 38.1 Å². The average molecular weight is 433 g/mol. The van der Waals surface area contributed by atoms with E-state index in [0.717, 1.165) is 11.8 Å². The molecule has 9 nitrogen and oxygen atoms in total. The van der Waals surface area contributed by atoms with E-state index in [4.69, 9.17) is 4.74 Å². The van der Waals surface area contributed by atoms with E-state index in [-0.39, 0.29) is 23.7 Å². The highest BCUT2D eigenvalue weighted by molar-refractivity contribution is 7.92. The summed E-state index contributed by atoms with van der Waals surface area (Å²) in [7, 11) is -3.59. The summed E-state index contributed by atoms with van der Waals surface area (Å²) in [6, 6.07) is 7.90. The van der Waals surface area contributed by atoms with Crippen LogP contribution in [-0.2, 0) is 21.4 Å². The number of anilines is 2. The number of benzene rings is 1. The number of ether oxygens (including phenoxy) is 1. The number of hydrogen-bond acceptors (Lipinski definition) is 6. The van der Waals surface area contributed by atoms with E-state index in [1.807, 2.05) is 0 Å². The molecule has 0 radical (unpaired) electrons. The number of hydrogen-bond donors (Lipinski definition) is 3. The Morgan fingerprint density at radius 3 is 2.57 bits per heavy atom. The van der Waals surface area contributed by atoms with Crippen LogP contribution in [0.15, 0.2) is 36.5 Å². The van der Waals surface area contributed by atoms with Gasteiger partial charge < -0.3 is 15.4 Å². The molecule has 10 heteroatoms. The maximum absolute atomic E-state index is 12.7. The van der Waals surface area contributed by atoms with Crippen molar-refractivity contribution in [2.75, 3.05) is 22.9 Å². The molecule has 3 N–H and O–H groups in total. The predicted octanol–water partition coefficient (Wildman–Crippen LogP) is 2.13. The third-order valence-electron chi connectivity index (χ3n) is 4.29. The highest BCUT2D eigenvalue weighted by Crippen LogP contribution is 2.29. The van der Waals surface area contributed by atoms with Gasteiger partial charge in [0.25, 0.3) is 5.91 Å². The first-order valence-electron chi connectivity index (χ1n) is 9.45. The molecule has 2 aromatic rings. The van der Waals surface area contributed by atoms with Crippen LogP contribution < -0.4 is 20.1 Å². The van der Waals surface area contributed by atoms with Crippen molar-refractivity contribution in [1.29, 1.82) is 0 Å². The van der Waals surface area contributed by atoms with E-state index in [1.54, 1.807) is 18.3 Å². The molecule has 1 heterocycles. The van der Waals surface area contributed by atoms with Crippen LogP contribution in [0.1, 0.15) is 35.7 Å². The van der Waals surface area contributed by atoms with E-state index in [0.29, 0.717) is 24.1 Å². The monoisotopic (exact) mass is 432 g/mol. The molecule has 0 unspecified atom stereocenters. The zero-order chi connectivity index (χ0) is 21.7. The Morgan fingerprint density at radius 2 is 1.97 bits per heavy atom. The lowest BCUT2D eigenvalue weighted by Gasteiger charge is -2.13. The summed E-state index contributed by atoms with van der Waals surface area (Å²) in [6.45, 7) is 2.20. The molecular formula is C20H24N4O5S. The largest absolute Gasteiger partial charge is 0.477 e. The molecule has 160 valence electrons. The molecule has 0 atom stereocenters. The summed E-state index contributed by atoms with van der Waals surface area (Å²) in [5, 5.41) is 5.31. The fourth-order valence-corrected chi connectivity index (χ4v) is 3.25. The second-order valence-corrected chi connectivity index (χ2v) is 9.01. The van der Waals surface area contributed by atoms with Gasteiger partial charge in [0.2, 0.25) is 21.8 Å². The predicted molar refractivity (Wildman–Crippen MR) is 113 cm³/mol. The average Bonchev–Trinajstić information content (AvgIpc) is 3.49. The van der Waals surface area contributed by atoms with Gasteiger partial charge in [0.1, 0.15) is 0 Å². The number of nitrogens with one attached hydrogen (secondary N) is 3.